The summed E-state index contributed by atoms with van der Waals surface area (Å²) in [6, 6.07) is 11.9. The minimum absolute atomic E-state index is 0.143. The second-order valence-electron chi connectivity index (χ2n) is 5.89. The van der Waals surface area contributed by atoms with Gasteiger partial charge in [0.05, 0.1) is 18.8 Å². The molecular formula is C16H23N3O3P2S. The van der Waals surface area contributed by atoms with Gasteiger partial charge in [-0.2, -0.15) is 8.94 Å². The van der Waals surface area contributed by atoms with Crippen LogP contribution < -0.4 is 0 Å². The Labute approximate surface area is 152 Å². The van der Waals surface area contributed by atoms with E-state index in [4.69, 9.17) is 4.74 Å². The lowest BCUT2D eigenvalue weighted by Crippen LogP contribution is -2.33. The topological polar surface area (TPSA) is 64.4 Å². The lowest BCUT2D eigenvalue weighted by molar-refractivity contribution is -0.0386. The predicted molar refractivity (Wildman–Crippen MR) is 103 cm³/mol. The van der Waals surface area contributed by atoms with Gasteiger partial charge in [-0.25, -0.2) is 8.42 Å². The number of sulfonamides is 1. The van der Waals surface area contributed by atoms with Crippen LogP contribution in [-0.4, -0.2) is 41.5 Å². The molecule has 136 valence electrons. The molecule has 1 heterocycles. The number of ether oxygens (including phenoxy) is 1. The molecule has 0 aliphatic heterocycles. The lowest BCUT2D eigenvalue weighted by Gasteiger charge is -2.35. The first kappa shape index (κ1) is 18.9. The summed E-state index contributed by atoms with van der Waals surface area (Å²) >= 11 is 0. The average Bonchev–Trinajstić information content (AvgIpc) is 3.06. The summed E-state index contributed by atoms with van der Waals surface area (Å²) in [5, 5.41) is 4.46. The zero-order valence-corrected chi connectivity index (χ0v) is 17.1. The zero-order valence-electron chi connectivity index (χ0n) is 14.3. The molecule has 0 bridgehead atoms. The van der Waals surface area contributed by atoms with Gasteiger partial charge in [0.25, 0.3) is 10.0 Å². The summed E-state index contributed by atoms with van der Waals surface area (Å²) in [5.74, 6) is 0. The highest BCUT2D eigenvalue weighted by Gasteiger charge is 2.33. The summed E-state index contributed by atoms with van der Waals surface area (Å²) in [4.78, 5) is 0. The van der Waals surface area contributed by atoms with Crippen molar-refractivity contribution in [2.24, 2.45) is 0 Å². The van der Waals surface area contributed by atoms with E-state index in [1.54, 1.807) is 16.9 Å². The highest BCUT2D eigenvalue weighted by Crippen LogP contribution is 2.37. The molecule has 3 rings (SSSR count). The van der Waals surface area contributed by atoms with Gasteiger partial charge in [0.1, 0.15) is 0 Å². The van der Waals surface area contributed by atoms with E-state index in [1.807, 2.05) is 31.5 Å². The van der Waals surface area contributed by atoms with Crippen LogP contribution in [0.1, 0.15) is 24.4 Å². The van der Waals surface area contributed by atoms with Crippen LogP contribution in [0.4, 0.5) is 0 Å². The molecular weight excluding hydrogens is 376 g/mol. The third kappa shape index (κ3) is 4.29. The fourth-order valence-electron chi connectivity index (χ4n) is 2.79. The Morgan fingerprint density at radius 3 is 2.52 bits per heavy atom. The second-order valence-corrected chi connectivity index (χ2v) is 10.5. The molecule has 2 unspecified atom stereocenters. The Kier molecular flexibility index (Phi) is 6.24. The predicted octanol–water partition coefficient (Wildman–Crippen LogP) is 3.24. The summed E-state index contributed by atoms with van der Waals surface area (Å²) in [5.41, 5.74) is 1.17. The van der Waals surface area contributed by atoms with Gasteiger partial charge in [0, 0.05) is 6.20 Å². The molecule has 6 nitrogen and oxygen atoms in total. The fraction of sp³-hybridized carbons (Fsp3) is 0.438. The Balaban J connectivity index is 1.55. The first-order valence-electron chi connectivity index (χ1n) is 8.15. The van der Waals surface area contributed by atoms with Gasteiger partial charge >= 0.3 is 0 Å². The van der Waals surface area contributed by atoms with E-state index in [9.17, 15) is 8.42 Å². The van der Waals surface area contributed by atoms with E-state index in [-0.39, 0.29) is 34.6 Å². The van der Waals surface area contributed by atoms with Crippen molar-refractivity contribution < 1.29 is 13.2 Å². The maximum absolute atomic E-state index is 12.5. The van der Waals surface area contributed by atoms with E-state index in [1.165, 1.54) is 9.41 Å². The number of aromatic nitrogens is 2. The smallest absolute Gasteiger partial charge is 0.268 e. The largest absolute Gasteiger partial charge is 0.373 e. The Morgan fingerprint density at radius 1 is 1.20 bits per heavy atom. The van der Waals surface area contributed by atoms with E-state index in [0.717, 1.165) is 12.8 Å². The van der Waals surface area contributed by atoms with Crippen LogP contribution >= 0.6 is 17.5 Å². The first-order chi connectivity index (χ1) is 12.0. The van der Waals surface area contributed by atoms with Gasteiger partial charge in [-0.15, -0.1) is 0 Å². The van der Waals surface area contributed by atoms with Crippen molar-refractivity contribution in [1.29, 1.82) is 0 Å². The van der Waals surface area contributed by atoms with Gasteiger partial charge < -0.3 is 4.74 Å². The summed E-state index contributed by atoms with van der Waals surface area (Å²) in [7, 11) is -3.03. The number of nitrogens with zero attached hydrogens (tertiary/aromatic N) is 3. The number of hydrogen-bond acceptors (Lipinski definition) is 4. The van der Waals surface area contributed by atoms with Crippen molar-refractivity contribution >= 4 is 27.5 Å². The van der Waals surface area contributed by atoms with Gasteiger partial charge in [-0.1, -0.05) is 30.3 Å². The van der Waals surface area contributed by atoms with E-state index >= 15 is 0 Å². The quantitative estimate of drug-likeness (QED) is 0.640. The van der Waals surface area contributed by atoms with Gasteiger partial charge in [-0.05, 0) is 55.3 Å². The fourth-order valence-corrected chi connectivity index (χ4v) is 6.78. The standard InChI is InChI=1S/C16H23N3O3P2S/c1-23-19(24-2)25(20,21)16-8-9-18(17-16)14-10-15(11-14)22-12-13-6-4-3-5-7-13/h3-9,14-15,23-24H,10-12H2,1-2H3. The van der Waals surface area contributed by atoms with Crippen molar-refractivity contribution in [1.82, 2.24) is 13.6 Å². The minimum atomic E-state index is -3.46. The summed E-state index contributed by atoms with van der Waals surface area (Å²) in [6.07, 6.45) is 3.70. The third-order valence-corrected chi connectivity index (χ3v) is 10.2. The molecule has 1 aliphatic carbocycles. The SMILES string of the molecule is CPN(PC)S(=O)(=O)c1ccn(C2CC(OCc3ccccc3)C2)n1. The third-order valence-electron chi connectivity index (χ3n) is 4.27. The van der Waals surface area contributed by atoms with Crippen molar-refractivity contribution in [3.63, 3.8) is 0 Å². The van der Waals surface area contributed by atoms with E-state index in [2.05, 4.69) is 17.2 Å². The molecule has 25 heavy (non-hydrogen) atoms. The first-order valence-corrected chi connectivity index (χ1v) is 12.5. The van der Waals surface area contributed by atoms with Crippen LogP contribution in [-0.2, 0) is 21.4 Å². The maximum Gasteiger partial charge on any atom is 0.268 e. The second kappa shape index (κ2) is 8.24. The number of benzene rings is 1. The van der Waals surface area contributed by atoms with Crippen LogP contribution in [0.5, 0.6) is 0 Å². The van der Waals surface area contributed by atoms with Crippen LogP contribution in [0.3, 0.4) is 0 Å². The van der Waals surface area contributed by atoms with Crippen molar-refractivity contribution in [3.8, 4) is 0 Å². The number of rotatable bonds is 8. The molecule has 1 aromatic carbocycles. The summed E-state index contributed by atoms with van der Waals surface area (Å²) < 4.78 is 34.1. The van der Waals surface area contributed by atoms with Crippen molar-refractivity contribution in [2.75, 3.05) is 13.3 Å². The molecule has 2 atom stereocenters. The monoisotopic (exact) mass is 399 g/mol. The molecule has 0 spiro atoms. The van der Waals surface area contributed by atoms with Crippen LogP contribution in [0.2, 0.25) is 0 Å². The Morgan fingerprint density at radius 2 is 1.88 bits per heavy atom. The Hall–Kier alpha value is -0.840. The highest BCUT2D eigenvalue weighted by molar-refractivity contribution is 7.97. The molecule has 0 saturated heterocycles. The van der Waals surface area contributed by atoms with Crippen LogP contribution in [0.15, 0.2) is 47.6 Å². The van der Waals surface area contributed by atoms with Crippen molar-refractivity contribution in [2.45, 2.75) is 36.6 Å². The molecule has 1 aliphatic rings. The zero-order chi connectivity index (χ0) is 17.9. The van der Waals surface area contributed by atoms with Gasteiger partial charge in [0.2, 0.25) is 0 Å². The van der Waals surface area contributed by atoms with E-state index < -0.39 is 10.0 Å². The molecule has 1 fully saturated rings. The van der Waals surface area contributed by atoms with E-state index in [0.29, 0.717) is 6.61 Å². The molecule has 2 aromatic rings. The van der Waals surface area contributed by atoms with Gasteiger partial charge in [0.15, 0.2) is 5.03 Å². The lowest BCUT2D eigenvalue weighted by atomic mass is 9.89. The normalized spacial score (nSPS) is 21.6. The van der Waals surface area contributed by atoms with Crippen LogP contribution in [0, 0.1) is 0 Å². The molecule has 0 N–H and O–H groups in total. The number of hydrogen-bond donors (Lipinski definition) is 0. The van der Waals surface area contributed by atoms with Gasteiger partial charge in [-0.3, -0.25) is 4.68 Å². The maximum atomic E-state index is 12.5. The molecule has 0 amide bonds. The molecule has 1 saturated carbocycles. The van der Waals surface area contributed by atoms with Crippen LogP contribution in [0.25, 0.3) is 0 Å². The molecule has 9 heteroatoms. The molecule has 1 aromatic heterocycles. The molecule has 0 radical (unpaired) electrons. The highest BCUT2D eigenvalue weighted by atomic mass is 32.2. The summed E-state index contributed by atoms with van der Waals surface area (Å²) in [6.45, 7) is 4.35. The average molecular weight is 399 g/mol. The Bertz CT molecular complexity index is 788. The minimum Gasteiger partial charge on any atom is -0.373 e. The van der Waals surface area contributed by atoms with Crippen molar-refractivity contribution in [3.05, 3.63) is 48.2 Å².